The van der Waals surface area contributed by atoms with E-state index in [1.54, 1.807) is 0 Å². The summed E-state index contributed by atoms with van der Waals surface area (Å²) in [5.41, 5.74) is 2.39. The molecule has 0 radical (unpaired) electrons. The van der Waals surface area contributed by atoms with Crippen LogP contribution in [-0.4, -0.2) is 24.6 Å². The van der Waals surface area contributed by atoms with Crippen LogP contribution in [0.3, 0.4) is 0 Å². The highest BCUT2D eigenvalue weighted by atomic mass is 16.5. The molecule has 0 aliphatic rings. The smallest absolute Gasteiger partial charge is 0.137 e. The van der Waals surface area contributed by atoms with Gasteiger partial charge in [0, 0.05) is 25.3 Å². The van der Waals surface area contributed by atoms with E-state index >= 15 is 0 Å². The van der Waals surface area contributed by atoms with Gasteiger partial charge in [0.2, 0.25) is 0 Å². The Kier molecular flexibility index (Phi) is 7.46. The molecule has 2 heteroatoms. The summed E-state index contributed by atoms with van der Waals surface area (Å²) in [5.74, 6) is 0. The third kappa shape index (κ3) is 4.48. The fourth-order valence-corrected chi connectivity index (χ4v) is 2.39. The maximum Gasteiger partial charge on any atom is 0.137 e. The fraction of sp³-hybridized carbons (Fsp3) is 0.529. The van der Waals surface area contributed by atoms with Gasteiger partial charge in [-0.1, -0.05) is 50.8 Å². The Labute approximate surface area is 118 Å². The molecule has 0 saturated heterocycles. The molecule has 0 N–H and O–H groups in total. The first-order chi connectivity index (χ1) is 9.28. The minimum atomic E-state index is 0.0408. The van der Waals surface area contributed by atoms with Crippen LogP contribution in [0.1, 0.15) is 51.0 Å². The van der Waals surface area contributed by atoms with Crippen molar-refractivity contribution in [3.8, 4) is 0 Å². The van der Waals surface area contributed by atoms with Crippen LogP contribution in [0.4, 0.5) is 0 Å². The van der Waals surface area contributed by atoms with Crippen molar-refractivity contribution < 1.29 is 4.74 Å². The molecular formula is C17H27NO. The number of nitrogens with zero attached hydrogens (tertiary/aromatic N) is 1. The lowest BCUT2D eigenvalue weighted by molar-refractivity contribution is -0.0579. The average Bonchev–Trinajstić information content (AvgIpc) is 2.44. The van der Waals surface area contributed by atoms with Crippen molar-refractivity contribution in [1.82, 2.24) is 4.90 Å². The Morgan fingerprint density at radius 1 is 1.16 bits per heavy atom. The van der Waals surface area contributed by atoms with Gasteiger partial charge in [-0.15, -0.1) is 0 Å². The molecule has 0 fully saturated rings. The minimum Gasteiger partial charge on any atom is -0.359 e. The van der Waals surface area contributed by atoms with Gasteiger partial charge in [-0.25, -0.2) is 0 Å². The van der Waals surface area contributed by atoms with Crippen molar-refractivity contribution in [2.24, 2.45) is 0 Å². The van der Waals surface area contributed by atoms with Crippen LogP contribution < -0.4 is 0 Å². The second-order valence-electron chi connectivity index (χ2n) is 4.68. The highest BCUT2D eigenvalue weighted by Gasteiger charge is 2.21. The van der Waals surface area contributed by atoms with Crippen LogP contribution in [-0.2, 0) is 4.74 Å². The van der Waals surface area contributed by atoms with Crippen molar-refractivity contribution in [2.45, 2.75) is 39.8 Å². The maximum atomic E-state index is 6.02. The van der Waals surface area contributed by atoms with Gasteiger partial charge < -0.3 is 4.74 Å². The third-order valence-corrected chi connectivity index (χ3v) is 3.16. The lowest BCUT2D eigenvalue weighted by Gasteiger charge is -2.32. The normalized spacial score (nSPS) is 12.6. The predicted octanol–water partition coefficient (Wildman–Crippen LogP) is 4.49. The zero-order valence-electron chi connectivity index (χ0n) is 12.6. The highest BCUT2D eigenvalue weighted by Crippen LogP contribution is 2.26. The molecular weight excluding hydrogens is 234 g/mol. The number of rotatable bonds is 9. The van der Waals surface area contributed by atoms with E-state index in [9.17, 15) is 0 Å². The molecule has 1 atom stereocenters. The van der Waals surface area contributed by atoms with E-state index in [1.165, 1.54) is 5.56 Å². The molecule has 19 heavy (non-hydrogen) atoms. The molecule has 0 aliphatic heterocycles. The first-order valence-electron chi connectivity index (χ1n) is 7.35. The third-order valence-electron chi connectivity index (χ3n) is 3.16. The summed E-state index contributed by atoms with van der Waals surface area (Å²) in [6, 6.07) is 8.37. The summed E-state index contributed by atoms with van der Waals surface area (Å²) in [5, 5.41) is 0. The van der Waals surface area contributed by atoms with Gasteiger partial charge in [-0.3, -0.25) is 4.90 Å². The van der Waals surface area contributed by atoms with E-state index in [0.29, 0.717) is 0 Å². The van der Waals surface area contributed by atoms with Crippen LogP contribution in [0.25, 0.3) is 6.08 Å². The molecule has 0 saturated carbocycles. The van der Waals surface area contributed by atoms with E-state index in [0.717, 1.165) is 38.1 Å². The number of hydrogen-bond acceptors (Lipinski definition) is 2. The average molecular weight is 261 g/mol. The zero-order chi connectivity index (χ0) is 14.1. The van der Waals surface area contributed by atoms with Crippen molar-refractivity contribution in [2.75, 3.05) is 19.7 Å². The molecule has 0 spiro atoms. The topological polar surface area (TPSA) is 12.5 Å². The molecule has 1 unspecified atom stereocenters. The first kappa shape index (κ1) is 15.9. The van der Waals surface area contributed by atoms with Gasteiger partial charge in [0.05, 0.1) is 0 Å². The summed E-state index contributed by atoms with van der Waals surface area (Å²) < 4.78 is 6.02. The van der Waals surface area contributed by atoms with Crippen LogP contribution in [0, 0.1) is 0 Å². The monoisotopic (exact) mass is 261 g/mol. The van der Waals surface area contributed by atoms with E-state index in [1.807, 2.05) is 12.1 Å². The number of hydrogen-bond donors (Lipinski definition) is 0. The molecule has 106 valence electrons. The van der Waals surface area contributed by atoms with Crippen molar-refractivity contribution in [1.29, 1.82) is 0 Å². The summed E-state index contributed by atoms with van der Waals surface area (Å²) in [7, 11) is 0. The minimum absolute atomic E-state index is 0.0408. The van der Waals surface area contributed by atoms with Crippen LogP contribution in [0.2, 0.25) is 0 Å². The SMILES string of the molecule is C=Cc1ccccc1C(OCC)N(CCC)CCC. The lowest BCUT2D eigenvalue weighted by Crippen LogP contribution is -2.32. The van der Waals surface area contributed by atoms with Gasteiger partial charge in [-0.2, -0.15) is 0 Å². The largest absolute Gasteiger partial charge is 0.359 e. The summed E-state index contributed by atoms with van der Waals surface area (Å²) in [6.07, 6.45) is 4.23. The molecule has 0 aliphatic carbocycles. The van der Waals surface area contributed by atoms with Crippen LogP contribution in [0.5, 0.6) is 0 Å². The molecule has 1 rings (SSSR count). The Bertz CT molecular complexity index is 369. The standard InChI is InChI=1S/C17H27NO/c1-5-13-18(14-6-2)17(19-8-4)16-12-10-9-11-15(16)7-3/h7,9-12,17H,3,5-6,8,13-14H2,1-2,4H3. The molecule has 2 nitrogen and oxygen atoms in total. The summed E-state index contributed by atoms with van der Waals surface area (Å²) in [4.78, 5) is 2.42. The Hall–Kier alpha value is -1.12. The van der Waals surface area contributed by atoms with Crippen molar-refractivity contribution in [3.63, 3.8) is 0 Å². The van der Waals surface area contributed by atoms with Crippen LogP contribution >= 0.6 is 0 Å². The van der Waals surface area contributed by atoms with Gasteiger partial charge in [-0.05, 0) is 25.3 Å². The van der Waals surface area contributed by atoms with Gasteiger partial charge in [0.1, 0.15) is 6.23 Å². The molecule has 0 aromatic heterocycles. The second kappa shape index (κ2) is 8.89. The van der Waals surface area contributed by atoms with Gasteiger partial charge in [0.15, 0.2) is 0 Å². The quantitative estimate of drug-likeness (QED) is 0.607. The first-order valence-corrected chi connectivity index (χ1v) is 7.35. The maximum absolute atomic E-state index is 6.02. The van der Waals surface area contributed by atoms with Gasteiger partial charge in [0.25, 0.3) is 0 Å². The van der Waals surface area contributed by atoms with Crippen molar-refractivity contribution >= 4 is 6.08 Å². The molecule has 0 amide bonds. The number of ether oxygens (including phenoxy) is 1. The van der Waals surface area contributed by atoms with Gasteiger partial charge >= 0.3 is 0 Å². The van der Waals surface area contributed by atoms with Crippen molar-refractivity contribution in [3.05, 3.63) is 42.0 Å². The summed E-state index contributed by atoms with van der Waals surface area (Å²) >= 11 is 0. The van der Waals surface area contributed by atoms with Crippen LogP contribution in [0.15, 0.2) is 30.8 Å². The molecule has 1 aromatic rings. The van der Waals surface area contributed by atoms with E-state index < -0.39 is 0 Å². The molecule has 1 aromatic carbocycles. The number of benzene rings is 1. The second-order valence-corrected chi connectivity index (χ2v) is 4.68. The predicted molar refractivity (Wildman–Crippen MR) is 83.1 cm³/mol. The molecule has 0 heterocycles. The summed E-state index contributed by atoms with van der Waals surface area (Å²) in [6.45, 7) is 13.2. The van der Waals surface area contributed by atoms with E-state index in [2.05, 4.69) is 50.4 Å². The zero-order valence-corrected chi connectivity index (χ0v) is 12.6. The van der Waals surface area contributed by atoms with E-state index in [4.69, 9.17) is 4.74 Å². The molecule has 0 bridgehead atoms. The Morgan fingerprint density at radius 3 is 2.32 bits per heavy atom. The Morgan fingerprint density at radius 2 is 1.79 bits per heavy atom. The fourth-order valence-electron chi connectivity index (χ4n) is 2.39. The highest BCUT2D eigenvalue weighted by molar-refractivity contribution is 5.52. The van der Waals surface area contributed by atoms with E-state index in [-0.39, 0.29) is 6.23 Å². The lowest BCUT2D eigenvalue weighted by atomic mass is 10.0. The Balaban J connectivity index is 3.05.